The topological polar surface area (TPSA) is 26.3 Å². The van der Waals surface area contributed by atoms with Crippen LogP contribution in [0.4, 0.5) is 0 Å². The van der Waals surface area contributed by atoms with E-state index in [1.54, 1.807) is 0 Å². The number of unbranched alkanes of at least 4 members (excludes halogenated alkanes) is 10. The minimum Gasteiger partial charge on any atom is -0.468 e. The van der Waals surface area contributed by atoms with E-state index in [1.165, 1.54) is 77.7 Å². The van der Waals surface area contributed by atoms with E-state index in [2.05, 4.69) is 39.7 Å². The van der Waals surface area contributed by atoms with E-state index in [1.807, 2.05) is 0 Å². The average molecular weight is 375 g/mol. The van der Waals surface area contributed by atoms with E-state index in [0.717, 1.165) is 12.8 Å². The number of alkyl halides is 1. The number of halogens is 1. The molecule has 2 nitrogen and oxygen atoms in total. The average Bonchev–Trinajstić information content (AvgIpc) is 2.54. The SMILES string of the molecule is CCCCCCCC/C=C\CCCCCCC(Br)C(=O)OC. The molecule has 0 bridgehead atoms. The Morgan fingerprint density at radius 2 is 1.41 bits per heavy atom. The van der Waals surface area contributed by atoms with Gasteiger partial charge in [0.15, 0.2) is 0 Å². The van der Waals surface area contributed by atoms with Crippen molar-refractivity contribution >= 4 is 21.9 Å². The molecular weight excluding hydrogens is 340 g/mol. The fraction of sp³-hybridized carbons (Fsp3) is 0.842. The summed E-state index contributed by atoms with van der Waals surface area (Å²) in [6, 6.07) is 0. The summed E-state index contributed by atoms with van der Waals surface area (Å²) in [5, 5.41) is 0. The first-order valence-corrected chi connectivity index (χ1v) is 10.0. The number of ether oxygens (including phenoxy) is 1. The monoisotopic (exact) mass is 374 g/mol. The Kier molecular flexibility index (Phi) is 16.8. The summed E-state index contributed by atoms with van der Waals surface area (Å²) < 4.78 is 4.69. The van der Waals surface area contributed by atoms with Gasteiger partial charge in [-0.15, -0.1) is 0 Å². The third-order valence-electron chi connectivity index (χ3n) is 3.93. The van der Waals surface area contributed by atoms with Gasteiger partial charge in [-0.2, -0.15) is 0 Å². The van der Waals surface area contributed by atoms with Gasteiger partial charge in [0.1, 0.15) is 4.83 Å². The van der Waals surface area contributed by atoms with E-state index in [0.29, 0.717) is 0 Å². The number of esters is 1. The molecule has 0 N–H and O–H groups in total. The lowest BCUT2D eigenvalue weighted by Gasteiger charge is -2.06. The fourth-order valence-corrected chi connectivity index (χ4v) is 2.97. The van der Waals surface area contributed by atoms with E-state index >= 15 is 0 Å². The number of methoxy groups -OCH3 is 1. The van der Waals surface area contributed by atoms with Gasteiger partial charge in [0.2, 0.25) is 0 Å². The first-order valence-electron chi connectivity index (χ1n) is 9.09. The minimum atomic E-state index is -0.155. The van der Waals surface area contributed by atoms with Gasteiger partial charge in [-0.3, -0.25) is 4.79 Å². The number of hydrogen-bond acceptors (Lipinski definition) is 2. The molecule has 0 aromatic carbocycles. The van der Waals surface area contributed by atoms with Crippen molar-refractivity contribution in [2.24, 2.45) is 0 Å². The van der Waals surface area contributed by atoms with Crippen molar-refractivity contribution in [1.29, 1.82) is 0 Å². The Hall–Kier alpha value is -0.310. The van der Waals surface area contributed by atoms with Crippen LogP contribution in [0.25, 0.3) is 0 Å². The molecule has 1 unspecified atom stereocenters. The summed E-state index contributed by atoms with van der Waals surface area (Å²) in [5.74, 6) is -0.155. The second kappa shape index (κ2) is 17.1. The molecule has 0 heterocycles. The van der Waals surface area contributed by atoms with Gasteiger partial charge >= 0.3 is 5.97 Å². The van der Waals surface area contributed by atoms with Crippen molar-refractivity contribution in [3.8, 4) is 0 Å². The molecule has 0 spiro atoms. The summed E-state index contributed by atoms with van der Waals surface area (Å²) in [6.07, 6.45) is 21.1. The van der Waals surface area contributed by atoms with Crippen molar-refractivity contribution in [3.63, 3.8) is 0 Å². The van der Waals surface area contributed by atoms with Crippen LogP contribution in [0.15, 0.2) is 12.2 Å². The Morgan fingerprint density at radius 3 is 1.95 bits per heavy atom. The highest BCUT2D eigenvalue weighted by atomic mass is 79.9. The molecule has 3 heteroatoms. The van der Waals surface area contributed by atoms with E-state index < -0.39 is 0 Å². The maximum Gasteiger partial charge on any atom is 0.319 e. The summed E-state index contributed by atoms with van der Waals surface area (Å²) >= 11 is 3.36. The lowest BCUT2D eigenvalue weighted by molar-refractivity contribution is -0.139. The first-order chi connectivity index (χ1) is 10.7. The van der Waals surface area contributed by atoms with Gasteiger partial charge in [0.25, 0.3) is 0 Å². The van der Waals surface area contributed by atoms with E-state index in [4.69, 9.17) is 0 Å². The molecule has 0 aromatic rings. The molecule has 0 aromatic heterocycles. The zero-order chi connectivity index (χ0) is 16.5. The number of allylic oxidation sites excluding steroid dienone is 2. The van der Waals surface area contributed by atoms with Crippen LogP contribution in [0.5, 0.6) is 0 Å². The third kappa shape index (κ3) is 14.6. The molecule has 0 fully saturated rings. The minimum absolute atomic E-state index is 0.130. The third-order valence-corrected chi connectivity index (χ3v) is 4.76. The number of carbonyl (C=O) groups excluding carboxylic acids is 1. The molecule has 0 rings (SSSR count). The summed E-state index contributed by atoms with van der Waals surface area (Å²) in [4.78, 5) is 11.1. The second-order valence-corrected chi connectivity index (χ2v) is 7.12. The van der Waals surface area contributed by atoms with E-state index in [-0.39, 0.29) is 10.8 Å². The number of rotatable bonds is 15. The van der Waals surface area contributed by atoms with Crippen LogP contribution in [0.3, 0.4) is 0 Å². The molecule has 0 saturated heterocycles. The van der Waals surface area contributed by atoms with Gasteiger partial charge in [0.05, 0.1) is 7.11 Å². The highest BCUT2D eigenvalue weighted by molar-refractivity contribution is 9.10. The van der Waals surface area contributed by atoms with Crippen molar-refractivity contribution in [3.05, 3.63) is 12.2 Å². The predicted molar refractivity (Wildman–Crippen MR) is 99.6 cm³/mol. The number of carbonyl (C=O) groups is 1. The lowest BCUT2D eigenvalue weighted by atomic mass is 10.1. The van der Waals surface area contributed by atoms with Crippen LogP contribution in [-0.2, 0) is 9.53 Å². The zero-order valence-electron chi connectivity index (χ0n) is 14.6. The summed E-state index contributed by atoms with van der Waals surface area (Å²) in [6.45, 7) is 2.26. The molecule has 0 amide bonds. The van der Waals surface area contributed by atoms with Crippen molar-refractivity contribution in [1.82, 2.24) is 0 Å². The van der Waals surface area contributed by atoms with Gasteiger partial charge in [0, 0.05) is 0 Å². The van der Waals surface area contributed by atoms with Crippen LogP contribution in [-0.4, -0.2) is 17.9 Å². The Labute approximate surface area is 146 Å². The van der Waals surface area contributed by atoms with Crippen molar-refractivity contribution < 1.29 is 9.53 Å². The van der Waals surface area contributed by atoms with Crippen LogP contribution in [0.1, 0.15) is 90.4 Å². The number of hydrogen-bond donors (Lipinski definition) is 0. The summed E-state index contributed by atoms with van der Waals surface area (Å²) in [7, 11) is 1.44. The van der Waals surface area contributed by atoms with Crippen LogP contribution < -0.4 is 0 Å². The predicted octanol–water partition coefficient (Wildman–Crippen LogP) is 6.57. The largest absolute Gasteiger partial charge is 0.468 e. The maximum atomic E-state index is 11.2. The Morgan fingerprint density at radius 1 is 0.909 bits per heavy atom. The molecule has 0 radical (unpaired) electrons. The first kappa shape index (κ1) is 21.7. The highest BCUT2D eigenvalue weighted by Crippen LogP contribution is 2.14. The highest BCUT2D eigenvalue weighted by Gasteiger charge is 2.13. The Balaban J connectivity index is 3.22. The standard InChI is InChI=1S/C19H35BrO2/c1-3-4-5-6-7-8-9-10-11-12-13-14-15-16-17-18(20)19(21)22-2/h10-11,18H,3-9,12-17H2,1-2H3/b11-10-. The molecule has 22 heavy (non-hydrogen) atoms. The normalized spacial score (nSPS) is 12.7. The molecule has 130 valence electrons. The second-order valence-electron chi connectivity index (χ2n) is 6.01. The molecule has 0 saturated carbocycles. The van der Waals surface area contributed by atoms with Crippen LogP contribution >= 0.6 is 15.9 Å². The van der Waals surface area contributed by atoms with Gasteiger partial charge < -0.3 is 4.74 Å². The fourth-order valence-electron chi connectivity index (χ4n) is 2.46. The van der Waals surface area contributed by atoms with Gasteiger partial charge in [-0.1, -0.05) is 86.4 Å². The van der Waals surface area contributed by atoms with Crippen molar-refractivity contribution in [2.45, 2.75) is 95.2 Å². The van der Waals surface area contributed by atoms with Crippen molar-refractivity contribution in [2.75, 3.05) is 7.11 Å². The van der Waals surface area contributed by atoms with E-state index in [9.17, 15) is 4.79 Å². The quantitative estimate of drug-likeness (QED) is 0.140. The summed E-state index contributed by atoms with van der Waals surface area (Å²) in [5.41, 5.74) is 0. The molecular formula is C19H35BrO2. The van der Waals surface area contributed by atoms with Gasteiger partial charge in [-0.25, -0.2) is 0 Å². The van der Waals surface area contributed by atoms with Crippen LogP contribution in [0.2, 0.25) is 0 Å². The lowest BCUT2D eigenvalue weighted by Crippen LogP contribution is -2.15. The smallest absolute Gasteiger partial charge is 0.319 e. The Bertz CT molecular complexity index is 277. The molecule has 0 aliphatic heterocycles. The molecule has 0 aliphatic rings. The van der Waals surface area contributed by atoms with Crippen LogP contribution in [0, 0.1) is 0 Å². The maximum absolute atomic E-state index is 11.2. The molecule has 1 atom stereocenters. The zero-order valence-corrected chi connectivity index (χ0v) is 16.2. The van der Waals surface area contributed by atoms with Gasteiger partial charge in [-0.05, 0) is 32.1 Å². The molecule has 0 aliphatic carbocycles.